The van der Waals surface area contributed by atoms with Crippen molar-refractivity contribution >= 4 is 11.6 Å². The highest BCUT2D eigenvalue weighted by Gasteiger charge is 2.14. The fraction of sp³-hybridized carbons (Fsp3) is 0.625. The van der Waals surface area contributed by atoms with Crippen molar-refractivity contribution in [1.29, 1.82) is 0 Å². The summed E-state index contributed by atoms with van der Waals surface area (Å²) in [7, 11) is 0. The van der Waals surface area contributed by atoms with E-state index >= 15 is 0 Å². The normalized spacial score (nSPS) is 18.6. The van der Waals surface area contributed by atoms with E-state index in [9.17, 15) is 0 Å². The van der Waals surface area contributed by atoms with E-state index < -0.39 is 0 Å². The summed E-state index contributed by atoms with van der Waals surface area (Å²) in [6.45, 7) is 6.38. The third kappa shape index (κ3) is 5.41. The summed E-state index contributed by atoms with van der Waals surface area (Å²) >= 11 is 5.94. The molecule has 1 aromatic rings. The maximum atomic E-state index is 5.94. The van der Waals surface area contributed by atoms with Gasteiger partial charge in [-0.1, -0.05) is 17.7 Å². The van der Waals surface area contributed by atoms with Crippen LogP contribution < -0.4 is 5.32 Å². The minimum absolute atomic E-state index is 0.333. The van der Waals surface area contributed by atoms with Crippen molar-refractivity contribution in [2.75, 3.05) is 26.4 Å². The molecule has 0 amide bonds. The molecule has 1 saturated heterocycles. The minimum Gasteiger partial charge on any atom is -0.379 e. The van der Waals surface area contributed by atoms with Gasteiger partial charge in [-0.3, -0.25) is 0 Å². The van der Waals surface area contributed by atoms with Gasteiger partial charge in [0.05, 0.1) is 12.7 Å². The van der Waals surface area contributed by atoms with E-state index in [4.69, 9.17) is 21.1 Å². The second-order valence-electron chi connectivity index (χ2n) is 5.31. The average molecular weight is 298 g/mol. The lowest BCUT2D eigenvalue weighted by atomic mass is 10.1. The van der Waals surface area contributed by atoms with Crippen LogP contribution in [-0.4, -0.2) is 32.5 Å². The lowest BCUT2D eigenvalue weighted by molar-refractivity contribution is 0.0166. The van der Waals surface area contributed by atoms with Crippen molar-refractivity contribution < 1.29 is 9.47 Å². The summed E-state index contributed by atoms with van der Waals surface area (Å²) in [5.74, 6) is 0. The van der Waals surface area contributed by atoms with Crippen LogP contribution in [0, 0.1) is 6.92 Å². The molecule has 0 radical (unpaired) electrons. The molecule has 1 atom stereocenters. The molecule has 0 aromatic heterocycles. The first-order valence-electron chi connectivity index (χ1n) is 7.41. The van der Waals surface area contributed by atoms with Crippen molar-refractivity contribution in [3.8, 4) is 0 Å². The molecule has 3 nitrogen and oxygen atoms in total. The fourth-order valence-corrected chi connectivity index (χ4v) is 2.60. The summed E-state index contributed by atoms with van der Waals surface area (Å²) < 4.78 is 11.1. The molecule has 4 heteroatoms. The summed E-state index contributed by atoms with van der Waals surface area (Å²) in [6.07, 6.45) is 3.68. The van der Waals surface area contributed by atoms with Gasteiger partial charge < -0.3 is 14.8 Å². The van der Waals surface area contributed by atoms with Crippen LogP contribution in [0.1, 0.15) is 30.4 Å². The van der Waals surface area contributed by atoms with E-state index in [1.54, 1.807) is 0 Å². The SMILES string of the molecule is Cc1cc(Cl)ccc1CNCCCOCC1CCCO1. The smallest absolute Gasteiger partial charge is 0.0809 e. The predicted octanol–water partition coefficient (Wildman–Crippen LogP) is 3.32. The van der Waals surface area contributed by atoms with E-state index in [0.717, 1.165) is 50.8 Å². The van der Waals surface area contributed by atoms with E-state index in [-0.39, 0.29) is 0 Å². The van der Waals surface area contributed by atoms with Gasteiger partial charge in [-0.15, -0.1) is 0 Å². The monoisotopic (exact) mass is 297 g/mol. The zero-order valence-corrected chi connectivity index (χ0v) is 12.9. The van der Waals surface area contributed by atoms with Gasteiger partial charge in [-0.2, -0.15) is 0 Å². The molecule has 1 aliphatic heterocycles. The van der Waals surface area contributed by atoms with Gasteiger partial charge in [0.25, 0.3) is 0 Å². The molecule has 0 aliphatic carbocycles. The largest absolute Gasteiger partial charge is 0.379 e. The lowest BCUT2D eigenvalue weighted by Gasteiger charge is -2.11. The number of rotatable bonds is 8. The van der Waals surface area contributed by atoms with E-state index in [1.165, 1.54) is 17.5 Å². The minimum atomic E-state index is 0.333. The predicted molar refractivity (Wildman–Crippen MR) is 82.3 cm³/mol. The van der Waals surface area contributed by atoms with Crippen LogP contribution in [0.15, 0.2) is 18.2 Å². The first kappa shape index (κ1) is 15.8. The van der Waals surface area contributed by atoms with Crippen molar-refractivity contribution in [3.05, 3.63) is 34.3 Å². The van der Waals surface area contributed by atoms with E-state index in [1.807, 2.05) is 12.1 Å². The standard InChI is InChI=1S/C16H24ClNO2/c1-13-10-15(17)6-5-14(13)11-18-7-3-8-19-12-16-4-2-9-20-16/h5-6,10,16,18H,2-4,7-9,11-12H2,1H3. The number of nitrogens with one attached hydrogen (secondary N) is 1. The fourth-order valence-electron chi connectivity index (χ4n) is 2.37. The van der Waals surface area contributed by atoms with Crippen molar-refractivity contribution in [2.24, 2.45) is 0 Å². The Labute approximate surface area is 126 Å². The van der Waals surface area contributed by atoms with Crippen molar-refractivity contribution in [3.63, 3.8) is 0 Å². The van der Waals surface area contributed by atoms with Gasteiger partial charge in [0.15, 0.2) is 0 Å². The highest BCUT2D eigenvalue weighted by molar-refractivity contribution is 6.30. The molecule has 1 fully saturated rings. The molecule has 1 heterocycles. The number of aryl methyl sites for hydroxylation is 1. The number of hydrogen-bond acceptors (Lipinski definition) is 3. The van der Waals surface area contributed by atoms with Gasteiger partial charge in [0.2, 0.25) is 0 Å². The third-order valence-corrected chi connectivity index (χ3v) is 3.83. The van der Waals surface area contributed by atoms with E-state index in [2.05, 4.69) is 18.3 Å². The van der Waals surface area contributed by atoms with Crippen LogP contribution in [-0.2, 0) is 16.0 Å². The average Bonchev–Trinajstić information content (AvgIpc) is 2.93. The first-order valence-corrected chi connectivity index (χ1v) is 7.78. The highest BCUT2D eigenvalue weighted by Crippen LogP contribution is 2.15. The van der Waals surface area contributed by atoms with Crippen LogP contribution in [0.5, 0.6) is 0 Å². The molecule has 0 spiro atoms. The summed E-state index contributed by atoms with van der Waals surface area (Å²) in [5, 5.41) is 4.24. The van der Waals surface area contributed by atoms with Crippen LogP contribution in [0.2, 0.25) is 5.02 Å². The Kier molecular flexibility index (Phi) is 6.80. The van der Waals surface area contributed by atoms with Gasteiger partial charge in [0.1, 0.15) is 0 Å². The number of ether oxygens (including phenoxy) is 2. The molecule has 1 N–H and O–H groups in total. The Hall–Kier alpha value is -0.610. The van der Waals surface area contributed by atoms with Crippen LogP contribution in [0.25, 0.3) is 0 Å². The Morgan fingerprint density at radius 2 is 2.35 bits per heavy atom. The summed E-state index contributed by atoms with van der Waals surface area (Å²) in [4.78, 5) is 0. The molecule has 0 bridgehead atoms. The van der Waals surface area contributed by atoms with Gasteiger partial charge in [-0.05, 0) is 56.0 Å². The molecule has 1 aliphatic rings. The highest BCUT2D eigenvalue weighted by atomic mass is 35.5. The maximum Gasteiger partial charge on any atom is 0.0809 e. The number of halogens is 1. The first-order chi connectivity index (χ1) is 9.75. The van der Waals surface area contributed by atoms with Gasteiger partial charge >= 0.3 is 0 Å². The lowest BCUT2D eigenvalue weighted by Crippen LogP contribution is -2.19. The molecule has 1 unspecified atom stereocenters. The zero-order valence-electron chi connectivity index (χ0n) is 12.2. The molecule has 1 aromatic carbocycles. The van der Waals surface area contributed by atoms with Crippen molar-refractivity contribution in [2.45, 2.75) is 38.8 Å². The second-order valence-corrected chi connectivity index (χ2v) is 5.75. The molecular weight excluding hydrogens is 274 g/mol. The van der Waals surface area contributed by atoms with Crippen molar-refractivity contribution in [1.82, 2.24) is 5.32 Å². The Balaban J connectivity index is 1.50. The maximum absolute atomic E-state index is 5.94. The Morgan fingerprint density at radius 1 is 1.45 bits per heavy atom. The number of benzene rings is 1. The summed E-state index contributed by atoms with van der Waals surface area (Å²) in [6, 6.07) is 6.03. The van der Waals surface area contributed by atoms with Crippen LogP contribution in [0.3, 0.4) is 0 Å². The molecular formula is C16H24ClNO2. The van der Waals surface area contributed by atoms with Crippen LogP contribution in [0.4, 0.5) is 0 Å². The molecule has 2 rings (SSSR count). The second kappa shape index (κ2) is 8.63. The molecule has 112 valence electrons. The third-order valence-electron chi connectivity index (χ3n) is 3.59. The Morgan fingerprint density at radius 3 is 3.10 bits per heavy atom. The number of hydrogen-bond donors (Lipinski definition) is 1. The topological polar surface area (TPSA) is 30.5 Å². The zero-order chi connectivity index (χ0) is 14.2. The van der Waals surface area contributed by atoms with Gasteiger partial charge in [-0.25, -0.2) is 0 Å². The summed E-state index contributed by atoms with van der Waals surface area (Å²) in [5.41, 5.74) is 2.54. The quantitative estimate of drug-likeness (QED) is 0.747. The van der Waals surface area contributed by atoms with Crippen LogP contribution >= 0.6 is 11.6 Å². The molecule has 0 saturated carbocycles. The van der Waals surface area contributed by atoms with Gasteiger partial charge in [0, 0.05) is 24.8 Å². The Bertz CT molecular complexity index is 405. The molecule has 20 heavy (non-hydrogen) atoms. The van der Waals surface area contributed by atoms with E-state index in [0.29, 0.717) is 6.10 Å².